The fraction of sp³-hybridized carbons (Fsp3) is 0.562. The third-order valence-corrected chi connectivity index (χ3v) is 8.70. The Kier molecular flexibility index (Phi) is 10.4. The van der Waals surface area contributed by atoms with Gasteiger partial charge in [-0.15, -0.1) is 0 Å². The van der Waals surface area contributed by atoms with Gasteiger partial charge in [-0.25, -0.2) is 0 Å². The maximum absolute atomic E-state index is 13.5. The zero-order valence-corrected chi connectivity index (χ0v) is 23.3. The van der Waals surface area contributed by atoms with Crippen molar-refractivity contribution in [3.05, 3.63) is 71.3 Å². The molecule has 2 fully saturated rings. The fourth-order valence-electron chi connectivity index (χ4n) is 6.17. The number of benzene rings is 2. The summed E-state index contributed by atoms with van der Waals surface area (Å²) >= 11 is 0. The van der Waals surface area contributed by atoms with Crippen LogP contribution >= 0.6 is 0 Å². The molecular formula is C32H46N4O2. The summed E-state index contributed by atoms with van der Waals surface area (Å²) in [7, 11) is 0. The van der Waals surface area contributed by atoms with Crippen LogP contribution in [0.15, 0.2) is 54.6 Å². The molecule has 2 atom stereocenters. The van der Waals surface area contributed by atoms with Gasteiger partial charge in [0, 0.05) is 39.1 Å². The number of aryl methyl sites for hydroxylation is 1. The van der Waals surface area contributed by atoms with Gasteiger partial charge in [-0.1, -0.05) is 60.2 Å². The summed E-state index contributed by atoms with van der Waals surface area (Å²) < 4.78 is 0. The van der Waals surface area contributed by atoms with Crippen LogP contribution in [0.2, 0.25) is 0 Å². The van der Waals surface area contributed by atoms with Crippen molar-refractivity contribution in [3.8, 4) is 0 Å². The van der Waals surface area contributed by atoms with E-state index in [4.69, 9.17) is 5.73 Å². The Morgan fingerprint density at radius 2 is 1.63 bits per heavy atom. The first kappa shape index (κ1) is 28.3. The minimum Gasteiger partial charge on any atom is -0.354 e. The molecule has 0 spiro atoms. The highest BCUT2D eigenvalue weighted by Gasteiger charge is 2.37. The van der Waals surface area contributed by atoms with Gasteiger partial charge in [0.2, 0.25) is 11.8 Å². The van der Waals surface area contributed by atoms with Crippen molar-refractivity contribution >= 4 is 11.8 Å². The van der Waals surface area contributed by atoms with Crippen molar-refractivity contribution in [1.82, 2.24) is 15.1 Å². The Labute approximate surface area is 229 Å². The molecule has 0 radical (unpaired) electrons. The molecule has 1 aliphatic carbocycles. The first-order valence-electron chi connectivity index (χ1n) is 14.5. The van der Waals surface area contributed by atoms with Crippen molar-refractivity contribution in [2.24, 2.45) is 17.6 Å². The number of carbonyl (C=O) groups is 2. The quantitative estimate of drug-likeness (QED) is 0.492. The van der Waals surface area contributed by atoms with Gasteiger partial charge >= 0.3 is 0 Å². The average Bonchev–Trinajstić information content (AvgIpc) is 2.95. The molecule has 6 nitrogen and oxygen atoms in total. The largest absolute Gasteiger partial charge is 0.354 e. The van der Waals surface area contributed by atoms with E-state index in [0.717, 1.165) is 58.2 Å². The zero-order valence-electron chi connectivity index (χ0n) is 23.3. The summed E-state index contributed by atoms with van der Waals surface area (Å²) in [5.74, 6) is 1.13. The predicted octanol–water partition coefficient (Wildman–Crippen LogP) is 4.30. The number of piperidine rings is 1. The summed E-state index contributed by atoms with van der Waals surface area (Å²) in [5, 5.41) is 3.23. The van der Waals surface area contributed by atoms with E-state index in [1.165, 1.54) is 16.7 Å². The molecule has 0 bridgehead atoms. The minimum atomic E-state index is -0.413. The Morgan fingerprint density at radius 3 is 2.29 bits per heavy atom. The number of rotatable bonds is 10. The van der Waals surface area contributed by atoms with Crippen LogP contribution in [0.4, 0.5) is 0 Å². The third-order valence-electron chi connectivity index (χ3n) is 8.70. The Hall–Kier alpha value is -2.70. The van der Waals surface area contributed by atoms with Gasteiger partial charge in [-0.2, -0.15) is 0 Å². The van der Waals surface area contributed by atoms with Crippen LogP contribution < -0.4 is 11.1 Å². The van der Waals surface area contributed by atoms with E-state index in [-0.39, 0.29) is 17.9 Å². The van der Waals surface area contributed by atoms with E-state index in [0.29, 0.717) is 31.3 Å². The van der Waals surface area contributed by atoms with Crippen LogP contribution in [-0.2, 0) is 22.6 Å². The summed E-state index contributed by atoms with van der Waals surface area (Å²) in [6, 6.07) is 19.2. The topological polar surface area (TPSA) is 78.7 Å². The van der Waals surface area contributed by atoms with E-state index in [9.17, 15) is 9.59 Å². The van der Waals surface area contributed by atoms with Crippen LogP contribution in [0, 0.1) is 18.8 Å². The standard InChI is InChI=1S/C32H46N4O2/c1-24-8-10-29(11-9-24)23-35(18-16-26-6-4-3-5-7-26)30-17-19-36(25(2)37)31(20-30)32(38)34-22-28-14-12-27(21-33)13-15-28/h3-11,27-28,30-31H,12-23,33H2,1-2H3,(H,34,38)/t27?,28?,30?,31-/m1/s1. The Balaban J connectivity index is 1.43. The lowest BCUT2D eigenvalue weighted by Crippen LogP contribution is -2.57. The highest BCUT2D eigenvalue weighted by atomic mass is 16.2. The summed E-state index contributed by atoms with van der Waals surface area (Å²) in [5.41, 5.74) is 9.71. The summed E-state index contributed by atoms with van der Waals surface area (Å²) in [4.78, 5) is 30.3. The number of nitrogens with one attached hydrogen (secondary N) is 1. The Bertz CT molecular complexity index is 1020. The molecule has 3 N–H and O–H groups in total. The molecule has 1 unspecified atom stereocenters. The van der Waals surface area contributed by atoms with Gasteiger partial charge in [-0.3, -0.25) is 14.5 Å². The van der Waals surface area contributed by atoms with Crippen LogP contribution in [0.1, 0.15) is 62.1 Å². The number of hydrogen-bond donors (Lipinski definition) is 2. The molecule has 1 heterocycles. The molecule has 2 aromatic rings. The molecule has 1 saturated carbocycles. The van der Waals surface area contributed by atoms with Gasteiger partial charge in [-0.05, 0) is 81.4 Å². The first-order valence-corrected chi connectivity index (χ1v) is 14.5. The van der Waals surface area contributed by atoms with Crippen molar-refractivity contribution in [2.45, 2.75) is 77.4 Å². The van der Waals surface area contributed by atoms with Crippen molar-refractivity contribution < 1.29 is 9.59 Å². The second-order valence-corrected chi connectivity index (χ2v) is 11.5. The molecule has 2 aliphatic rings. The van der Waals surface area contributed by atoms with Crippen molar-refractivity contribution in [1.29, 1.82) is 0 Å². The van der Waals surface area contributed by atoms with Gasteiger partial charge in [0.25, 0.3) is 0 Å². The highest BCUT2D eigenvalue weighted by molar-refractivity contribution is 5.87. The van der Waals surface area contributed by atoms with Crippen LogP contribution in [-0.4, -0.2) is 59.9 Å². The average molecular weight is 519 g/mol. The third kappa shape index (κ3) is 7.90. The van der Waals surface area contributed by atoms with Crippen LogP contribution in [0.3, 0.4) is 0 Å². The van der Waals surface area contributed by atoms with Gasteiger partial charge in [0.15, 0.2) is 0 Å². The number of hydrogen-bond acceptors (Lipinski definition) is 4. The smallest absolute Gasteiger partial charge is 0.242 e. The highest BCUT2D eigenvalue weighted by Crippen LogP contribution is 2.28. The monoisotopic (exact) mass is 518 g/mol. The predicted molar refractivity (Wildman–Crippen MR) is 153 cm³/mol. The number of likely N-dealkylation sites (tertiary alicyclic amines) is 1. The minimum absolute atomic E-state index is 0.00388. The number of carbonyl (C=O) groups excluding carboxylic acids is 2. The number of nitrogens with two attached hydrogens (primary N) is 1. The number of amides is 2. The molecule has 4 rings (SSSR count). The van der Waals surface area contributed by atoms with Crippen molar-refractivity contribution in [2.75, 3.05) is 26.2 Å². The fourth-order valence-corrected chi connectivity index (χ4v) is 6.17. The molecule has 2 amide bonds. The second kappa shape index (κ2) is 13.9. The van der Waals surface area contributed by atoms with Crippen LogP contribution in [0.5, 0.6) is 0 Å². The lowest BCUT2D eigenvalue weighted by Gasteiger charge is -2.43. The second-order valence-electron chi connectivity index (χ2n) is 11.5. The molecule has 1 aliphatic heterocycles. The molecule has 0 aromatic heterocycles. The molecule has 1 saturated heterocycles. The van der Waals surface area contributed by atoms with Crippen LogP contribution in [0.25, 0.3) is 0 Å². The SMILES string of the molecule is CC(=O)N1CCC(N(CCc2ccccc2)Cc2ccc(C)cc2)C[C@@H]1C(=O)NCC1CCC(CN)CC1. The van der Waals surface area contributed by atoms with Gasteiger partial charge in [0.05, 0.1) is 0 Å². The van der Waals surface area contributed by atoms with Crippen molar-refractivity contribution in [3.63, 3.8) is 0 Å². The molecular weight excluding hydrogens is 472 g/mol. The lowest BCUT2D eigenvalue weighted by molar-refractivity contribution is -0.142. The Morgan fingerprint density at radius 1 is 0.947 bits per heavy atom. The lowest BCUT2D eigenvalue weighted by atomic mass is 9.82. The maximum Gasteiger partial charge on any atom is 0.242 e. The van der Waals surface area contributed by atoms with E-state index in [1.54, 1.807) is 11.8 Å². The summed E-state index contributed by atoms with van der Waals surface area (Å²) in [6.07, 6.45) is 7.06. The van der Waals surface area contributed by atoms with E-state index >= 15 is 0 Å². The van der Waals surface area contributed by atoms with Gasteiger partial charge < -0.3 is 16.0 Å². The number of nitrogens with zero attached hydrogens (tertiary/aromatic N) is 2. The normalized spacial score (nSPS) is 23.8. The van der Waals surface area contributed by atoms with E-state index in [2.05, 4.69) is 71.7 Å². The summed E-state index contributed by atoms with van der Waals surface area (Å²) in [6.45, 7) is 7.55. The van der Waals surface area contributed by atoms with E-state index < -0.39 is 6.04 Å². The molecule has 6 heteroatoms. The van der Waals surface area contributed by atoms with Gasteiger partial charge in [0.1, 0.15) is 6.04 Å². The van der Waals surface area contributed by atoms with E-state index in [1.807, 2.05) is 0 Å². The first-order chi connectivity index (χ1) is 18.4. The maximum atomic E-state index is 13.5. The zero-order chi connectivity index (χ0) is 26.9. The molecule has 206 valence electrons. The molecule has 38 heavy (non-hydrogen) atoms. The molecule has 2 aromatic carbocycles.